The summed E-state index contributed by atoms with van der Waals surface area (Å²) < 4.78 is 0. The minimum atomic E-state index is -0.240. The van der Waals surface area contributed by atoms with Crippen molar-refractivity contribution in [1.82, 2.24) is 15.3 Å². The number of nitrogens with one attached hydrogen (secondary N) is 2. The monoisotopic (exact) mass is 277 g/mol. The Morgan fingerprint density at radius 1 is 1.47 bits per heavy atom. The lowest BCUT2D eigenvalue weighted by Crippen LogP contribution is -2.28. The molecule has 1 atom stereocenters. The van der Waals surface area contributed by atoms with Gasteiger partial charge in [0.15, 0.2) is 5.82 Å². The van der Waals surface area contributed by atoms with Crippen molar-refractivity contribution in [3.05, 3.63) is 40.5 Å². The fourth-order valence-electron chi connectivity index (χ4n) is 1.62. The minimum absolute atomic E-state index is 0.00149. The fraction of sp³-hybridized carbons (Fsp3) is 0.250. The molecule has 7 heteroatoms. The van der Waals surface area contributed by atoms with Crippen LogP contribution in [0.15, 0.2) is 29.9 Å². The third kappa shape index (κ3) is 3.27. The Kier molecular flexibility index (Phi) is 4.43. The van der Waals surface area contributed by atoms with E-state index in [1.165, 1.54) is 12.4 Å². The van der Waals surface area contributed by atoms with Crippen molar-refractivity contribution in [2.75, 3.05) is 5.43 Å². The summed E-state index contributed by atoms with van der Waals surface area (Å²) in [6, 6.07) is 3.98. The van der Waals surface area contributed by atoms with Crippen LogP contribution in [0, 0.1) is 0 Å². The van der Waals surface area contributed by atoms with Crippen LogP contribution in [0.2, 0.25) is 0 Å². The fourth-order valence-corrected chi connectivity index (χ4v) is 2.48. The molecule has 4 N–H and O–H groups in total. The zero-order valence-electron chi connectivity index (χ0n) is 10.5. The van der Waals surface area contributed by atoms with Crippen molar-refractivity contribution >= 4 is 23.1 Å². The van der Waals surface area contributed by atoms with Gasteiger partial charge in [0.25, 0.3) is 5.91 Å². The maximum absolute atomic E-state index is 12.0. The van der Waals surface area contributed by atoms with Gasteiger partial charge in [-0.25, -0.2) is 15.8 Å². The number of nitrogens with zero attached hydrogens (tertiary/aromatic N) is 2. The number of carbonyl (C=O) groups is 1. The van der Waals surface area contributed by atoms with E-state index in [9.17, 15) is 4.79 Å². The Labute approximate surface area is 115 Å². The van der Waals surface area contributed by atoms with E-state index >= 15 is 0 Å². The molecule has 0 bridgehead atoms. The zero-order chi connectivity index (χ0) is 13.7. The molecule has 0 spiro atoms. The van der Waals surface area contributed by atoms with Crippen molar-refractivity contribution < 1.29 is 4.79 Å². The predicted molar refractivity (Wildman–Crippen MR) is 74.7 cm³/mol. The molecule has 6 nitrogen and oxygen atoms in total. The number of nitrogens with two attached hydrogens (primary N) is 1. The van der Waals surface area contributed by atoms with E-state index in [0.717, 1.165) is 11.3 Å². The molecule has 0 aliphatic heterocycles. The van der Waals surface area contributed by atoms with Gasteiger partial charge < -0.3 is 10.7 Å². The number of rotatable bonds is 5. The SMILES string of the molecule is CCC(NC(=O)c1cnc(NN)cn1)c1cccs1. The number of anilines is 1. The highest BCUT2D eigenvalue weighted by atomic mass is 32.1. The summed E-state index contributed by atoms with van der Waals surface area (Å²) in [6.45, 7) is 2.03. The van der Waals surface area contributed by atoms with Crippen molar-refractivity contribution in [3.63, 3.8) is 0 Å². The van der Waals surface area contributed by atoms with Gasteiger partial charge in [0.05, 0.1) is 18.4 Å². The van der Waals surface area contributed by atoms with E-state index in [2.05, 4.69) is 20.7 Å². The van der Waals surface area contributed by atoms with Crippen LogP contribution in [0.25, 0.3) is 0 Å². The van der Waals surface area contributed by atoms with Crippen molar-refractivity contribution in [3.8, 4) is 0 Å². The van der Waals surface area contributed by atoms with Gasteiger partial charge in [-0.1, -0.05) is 13.0 Å². The van der Waals surface area contributed by atoms with Crippen LogP contribution < -0.4 is 16.6 Å². The van der Waals surface area contributed by atoms with Crippen LogP contribution in [0.1, 0.15) is 34.8 Å². The molecule has 0 aliphatic rings. The summed E-state index contributed by atoms with van der Waals surface area (Å²) >= 11 is 1.62. The number of aromatic nitrogens is 2. The Hall–Kier alpha value is -1.99. The van der Waals surface area contributed by atoms with Crippen LogP contribution in [0.5, 0.6) is 0 Å². The summed E-state index contributed by atoms with van der Waals surface area (Å²) in [5.74, 6) is 5.37. The first-order valence-electron chi connectivity index (χ1n) is 5.87. The average Bonchev–Trinajstić information content (AvgIpc) is 2.98. The quantitative estimate of drug-likeness (QED) is 0.571. The summed E-state index contributed by atoms with van der Waals surface area (Å²) in [4.78, 5) is 21.1. The van der Waals surface area contributed by atoms with Crippen molar-refractivity contribution in [2.45, 2.75) is 19.4 Å². The Morgan fingerprint density at radius 2 is 2.32 bits per heavy atom. The zero-order valence-corrected chi connectivity index (χ0v) is 11.3. The van der Waals surface area contributed by atoms with Gasteiger partial charge >= 0.3 is 0 Å². The lowest BCUT2D eigenvalue weighted by molar-refractivity contribution is 0.0931. The number of hydrogen-bond donors (Lipinski definition) is 3. The highest BCUT2D eigenvalue weighted by molar-refractivity contribution is 7.10. The first kappa shape index (κ1) is 13.4. The minimum Gasteiger partial charge on any atom is -0.343 e. The van der Waals surface area contributed by atoms with Gasteiger partial charge in [-0.05, 0) is 17.9 Å². The normalized spacial score (nSPS) is 11.9. The number of carbonyl (C=O) groups excluding carboxylic acids is 1. The highest BCUT2D eigenvalue weighted by Gasteiger charge is 2.15. The van der Waals surface area contributed by atoms with Crippen molar-refractivity contribution in [1.29, 1.82) is 0 Å². The standard InChI is InChI=1S/C12H15N5OS/c1-2-8(10-4-3-5-19-10)16-12(18)9-6-15-11(17-13)7-14-9/h3-8H,2,13H2,1H3,(H,15,17)(H,16,18). The number of hydrazine groups is 1. The van der Waals surface area contributed by atoms with Gasteiger partial charge in [0, 0.05) is 4.88 Å². The molecule has 2 aromatic heterocycles. The summed E-state index contributed by atoms with van der Waals surface area (Å²) in [5, 5.41) is 4.93. The average molecular weight is 277 g/mol. The second kappa shape index (κ2) is 6.26. The molecule has 0 fully saturated rings. The predicted octanol–water partition coefficient (Wildman–Crippen LogP) is 1.70. The van der Waals surface area contributed by atoms with Crippen LogP contribution in [-0.4, -0.2) is 15.9 Å². The molecular weight excluding hydrogens is 262 g/mol. The first-order chi connectivity index (χ1) is 9.24. The lowest BCUT2D eigenvalue weighted by atomic mass is 10.2. The number of amides is 1. The Morgan fingerprint density at radius 3 is 2.84 bits per heavy atom. The molecule has 0 saturated heterocycles. The molecule has 0 saturated carbocycles. The first-order valence-corrected chi connectivity index (χ1v) is 6.75. The highest BCUT2D eigenvalue weighted by Crippen LogP contribution is 2.21. The van der Waals surface area contributed by atoms with E-state index in [-0.39, 0.29) is 17.6 Å². The van der Waals surface area contributed by atoms with Crippen LogP contribution in [0.3, 0.4) is 0 Å². The van der Waals surface area contributed by atoms with Gasteiger partial charge in [0.2, 0.25) is 0 Å². The molecule has 2 aromatic rings. The molecular formula is C12H15N5OS. The van der Waals surface area contributed by atoms with Crippen LogP contribution in [0.4, 0.5) is 5.82 Å². The molecule has 1 amide bonds. The van der Waals surface area contributed by atoms with Gasteiger partial charge in [-0.2, -0.15) is 0 Å². The maximum atomic E-state index is 12.0. The van der Waals surface area contributed by atoms with E-state index in [1.807, 2.05) is 24.4 Å². The van der Waals surface area contributed by atoms with Crippen LogP contribution in [-0.2, 0) is 0 Å². The maximum Gasteiger partial charge on any atom is 0.271 e. The molecule has 100 valence electrons. The molecule has 2 rings (SSSR count). The number of thiophene rings is 1. The Bertz CT molecular complexity index is 526. The van der Waals surface area contributed by atoms with Gasteiger partial charge in [-0.3, -0.25) is 4.79 Å². The van der Waals surface area contributed by atoms with Gasteiger partial charge in [0.1, 0.15) is 5.69 Å². The summed E-state index contributed by atoms with van der Waals surface area (Å²) in [5.41, 5.74) is 2.64. The topological polar surface area (TPSA) is 92.9 Å². The molecule has 0 aliphatic carbocycles. The number of nitrogen functional groups attached to an aromatic ring is 1. The van der Waals surface area contributed by atoms with Gasteiger partial charge in [-0.15, -0.1) is 11.3 Å². The Balaban J connectivity index is 2.06. The van der Waals surface area contributed by atoms with E-state index in [1.54, 1.807) is 11.3 Å². The largest absolute Gasteiger partial charge is 0.343 e. The third-order valence-electron chi connectivity index (χ3n) is 2.63. The van der Waals surface area contributed by atoms with E-state index in [0.29, 0.717) is 5.82 Å². The summed E-state index contributed by atoms with van der Waals surface area (Å²) in [6.07, 6.45) is 3.63. The summed E-state index contributed by atoms with van der Waals surface area (Å²) in [7, 11) is 0. The number of hydrogen-bond acceptors (Lipinski definition) is 6. The smallest absolute Gasteiger partial charge is 0.271 e. The van der Waals surface area contributed by atoms with Crippen molar-refractivity contribution in [2.24, 2.45) is 5.84 Å². The van der Waals surface area contributed by atoms with E-state index in [4.69, 9.17) is 5.84 Å². The molecule has 19 heavy (non-hydrogen) atoms. The molecule has 0 aromatic carbocycles. The second-order valence-electron chi connectivity index (χ2n) is 3.88. The molecule has 0 radical (unpaired) electrons. The van der Waals surface area contributed by atoms with Crippen LogP contribution >= 0.6 is 11.3 Å². The molecule has 2 heterocycles. The second-order valence-corrected chi connectivity index (χ2v) is 4.86. The van der Waals surface area contributed by atoms with E-state index < -0.39 is 0 Å². The molecule has 1 unspecified atom stereocenters. The lowest BCUT2D eigenvalue weighted by Gasteiger charge is -2.14. The third-order valence-corrected chi connectivity index (χ3v) is 3.62.